The highest BCUT2D eigenvalue weighted by Gasteiger charge is 2.19. The first-order valence-corrected chi connectivity index (χ1v) is 12.7. The predicted molar refractivity (Wildman–Crippen MR) is 147 cm³/mol. The van der Waals surface area contributed by atoms with Crippen LogP contribution in [-0.4, -0.2) is 67.0 Å². The lowest BCUT2D eigenvalue weighted by atomic mass is 10.0. The molecule has 8 nitrogen and oxygen atoms in total. The Morgan fingerprint density at radius 1 is 1.08 bits per heavy atom. The third-order valence-electron chi connectivity index (χ3n) is 7.22. The molecule has 2 aromatic carbocycles. The van der Waals surface area contributed by atoms with Crippen molar-refractivity contribution in [3.05, 3.63) is 90.0 Å². The largest absolute Gasteiger partial charge is 0.394 e. The van der Waals surface area contributed by atoms with E-state index in [0.717, 1.165) is 58.4 Å². The zero-order valence-electron chi connectivity index (χ0n) is 20.9. The van der Waals surface area contributed by atoms with E-state index < -0.39 is 6.10 Å². The van der Waals surface area contributed by atoms with Crippen LogP contribution < -0.4 is 0 Å². The van der Waals surface area contributed by atoms with Crippen molar-refractivity contribution in [3.8, 4) is 17.3 Å². The molecule has 1 unspecified atom stereocenters. The Hall–Kier alpha value is -4.29. The Morgan fingerprint density at radius 3 is 2.71 bits per heavy atom. The molecule has 0 saturated carbocycles. The zero-order valence-corrected chi connectivity index (χ0v) is 20.9. The Labute approximate surface area is 220 Å². The van der Waals surface area contributed by atoms with E-state index in [1.54, 1.807) is 6.33 Å². The molecule has 0 aliphatic carbocycles. The number of fused-ring (bicyclic) bond motifs is 2. The van der Waals surface area contributed by atoms with Crippen molar-refractivity contribution >= 4 is 27.5 Å². The van der Waals surface area contributed by atoms with E-state index in [2.05, 4.69) is 60.8 Å². The lowest BCUT2D eigenvalue weighted by Gasteiger charge is -2.27. The van der Waals surface area contributed by atoms with Gasteiger partial charge in [-0.2, -0.15) is 5.26 Å². The minimum absolute atomic E-state index is 0.225. The van der Waals surface area contributed by atoms with Gasteiger partial charge in [-0.25, -0.2) is 9.97 Å². The summed E-state index contributed by atoms with van der Waals surface area (Å²) < 4.78 is 2.12. The average molecular weight is 505 g/mol. The highest BCUT2D eigenvalue weighted by Crippen LogP contribution is 2.33. The van der Waals surface area contributed by atoms with Crippen LogP contribution in [0.1, 0.15) is 23.2 Å². The van der Waals surface area contributed by atoms with E-state index in [1.165, 1.54) is 11.1 Å². The van der Waals surface area contributed by atoms with E-state index in [4.69, 9.17) is 5.11 Å². The lowest BCUT2D eigenvalue weighted by Crippen LogP contribution is -2.37. The number of aromatic amines is 1. The lowest BCUT2D eigenvalue weighted by molar-refractivity contribution is 0.0623. The second-order valence-electron chi connectivity index (χ2n) is 9.74. The van der Waals surface area contributed by atoms with Gasteiger partial charge in [0.15, 0.2) is 0 Å². The van der Waals surface area contributed by atoms with Gasteiger partial charge in [-0.05, 0) is 29.7 Å². The third-order valence-corrected chi connectivity index (χ3v) is 7.22. The highest BCUT2D eigenvalue weighted by atomic mass is 16.3. The van der Waals surface area contributed by atoms with Crippen molar-refractivity contribution in [3.63, 3.8) is 0 Å². The van der Waals surface area contributed by atoms with Crippen LogP contribution >= 0.6 is 0 Å². The number of hydrogen-bond donors (Lipinski definition) is 3. The molecule has 190 valence electrons. The minimum Gasteiger partial charge on any atom is -0.394 e. The minimum atomic E-state index is -0.716. The van der Waals surface area contributed by atoms with Gasteiger partial charge in [0.05, 0.1) is 29.5 Å². The van der Waals surface area contributed by atoms with Crippen molar-refractivity contribution in [2.45, 2.75) is 19.1 Å². The molecule has 0 amide bonds. The maximum Gasteiger partial charge on any atom is 0.141 e. The van der Waals surface area contributed by atoms with Crippen LogP contribution in [-0.2, 0) is 6.54 Å². The summed E-state index contributed by atoms with van der Waals surface area (Å²) in [7, 11) is 0. The average Bonchev–Trinajstić information content (AvgIpc) is 3.55. The van der Waals surface area contributed by atoms with Gasteiger partial charge in [-0.1, -0.05) is 48.5 Å². The van der Waals surface area contributed by atoms with Crippen LogP contribution in [0.15, 0.2) is 73.2 Å². The zero-order chi connectivity index (χ0) is 26.1. The number of nitriles is 1. The number of hydrogen-bond acceptors (Lipinski definition) is 6. The molecular weight excluding hydrogens is 476 g/mol. The van der Waals surface area contributed by atoms with E-state index in [9.17, 15) is 10.4 Å². The number of rotatable bonds is 7. The summed E-state index contributed by atoms with van der Waals surface area (Å²) in [5, 5.41) is 30.5. The topological polar surface area (TPSA) is 114 Å². The number of aliphatic hydroxyl groups excluding tert-OH is 2. The summed E-state index contributed by atoms with van der Waals surface area (Å²) >= 11 is 0. The van der Waals surface area contributed by atoms with Gasteiger partial charge in [-0.3, -0.25) is 4.90 Å². The van der Waals surface area contributed by atoms with E-state index in [0.29, 0.717) is 18.7 Å². The fraction of sp³-hybridized carbons (Fsp3) is 0.233. The van der Waals surface area contributed by atoms with Crippen molar-refractivity contribution in [2.24, 2.45) is 0 Å². The summed E-state index contributed by atoms with van der Waals surface area (Å²) in [5.74, 6) is 0. The number of aliphatic hydroxyl groups is 2. The molecule has 0 bridgehead atoms. The predicted octanol–water partition coefficient (Wildman–Crippen LogP) is 3.94. The number of nitrogens with zero attached hydrogens (tertiary/aromatic N) is 5. The Morgan fingerprint density at radius 2 is 1.95 bits per heavy atom. The first kappa shape index (κ1) is 24.1. The summed E-state index contributed by atoms with van der Waals surface area (Å²) in [5.41, 5.74) is 7.63. The molecule has 8 heteroatoms. The van der Waals surface area contributed by atoms with Crippen molar-refractivity contribution < 1.29 is 10.2 Å². The summed E-state index contributed by atoms with van der Waals surface area (Å²) in [6, 6.07) is 20.8. The van der Waals surface area contributed by atoms with Gasteiger partial charge >= 0.3 is 0 Å². The molecule has 0 radical (unpaired) electrons. The number of benzene rings is 2. The molecule has 5 aromatic rings. The number of H-pyrrole nitrogens is 1. The number of β-amino-alcohol motifs (C(OH)–C–C–N with tert-alkyl or cyclic N) is 1. The summed E-state index contributed by atoms with van der Waals surface area (Å²) in [6.45, 7) is 2.45. The monoisotopic (exact) mass is 504 g/mol. The number of aromatic nitrogens is 4. The Bertz CT molecular complexity index is 1680. The molecule has 1 atom stereocenters. The quantitative estimate of drug-likeness (QED) is 0.309. The van der Waals surface area contributed by atoms with Crippen LogP contribution in [0.4, 0.5) is 0 Å². The van der Waals surface area contributed by atoms with Crippen molar-refractivity contribution in [1.29, 1.82) is 5.26 Å². The second kappa shape index (κ2) is 10.2. The highest BCUT2D eigenvalue weighted by molar-refractivity contribution is 5.97. The first-order chi connectivity index (χ1) is 18.6. The molecular formula is C30H28N6O2. The molecule has 0 saturated heterocycles. The Balaban J connectivity index is 1.35. The molecule has 0 spiro atoms. The van der Waals surface area contributed by atoms with Gasteiger partial charge in [-0.15, -0.1) is 0 Å². The van der Waals surface area contributed by atoms with Gasteiger partial charge in [0.25, 0.3) is 0 Å². The first-order valence-electron chi connectivity index (χ1n) is 12.7. The molecule has 3 N–H and O–H groups in total. The fourth-order valence-electron chi connectivity index (χ4n) is 5.26. The SMILES string of the molecule is N#Cc1cn(Cc2ccccc2)c2cc(-c3ncnc4[nH]c(C5=CCN(CC(O)CO)CC5)cc34)ccc12. The van der Waals surface area contributed by atoms with Crippen LogP contribution in [0.5, 0.6) is 0 Å². The summed E-state index contributed by atoms with van der Waals surface area (Å²) in [6.07, 6.45) is 5.79. The molecule has 4 heterocycles. The normalized spacial score (nSPS) is 15.0. The maximum atomic E-state index is 9.75. The smallest absolute Gasteiger partial charge is 0.141 e. The Kier molecular flexibility index (Phi) is 6.48. The second-order valence-corrected chi connectivity index (χ2v) is 9.74. The van der Waals surface area contributed by atoms with E-state index in [1.807, 2.05) is 36.5 Å². The summed E-state index contributed by atoms with van der Waals surface area (Å²) in [4.78, 5) is 14.7. The molecule has 1 aliphatic rings. The standard InChI is InChI=1S/C30H28N6O2/c31-14-23-16-36(15-20-4-2-1-3-5-20)28-12-22(6-7-25(23)28)29-26-13-27(34-30(26)33-19-32-29)21-8-10-35(11-9-21)17-24(38)18-37/h1-8,12-13,16,19,24,37-38H,9-11,15,17-18H2,(H,32,33,34). The molecule has 0 fully saturated rings. The van der Waals surface area contributed by atoms with Gasteiger partial charge in [0, 0.05) is 54.4 Å². The van der Waals surface area contributed by atoms with Crippen LogP contribution in [0.3, 0.4) is 0 Å². The van der Waals surface area contributed by atoms with Crippen molar-refractivity contribution in [2.75, 3.05) is 26.2 Å². The van der Waals surface area contributed by atoms with Gasteiger partial charge in [0.2, 0.25) is 0 Å². The fourth-order valence-corrected chi connectivity index (χ4v) is 5.26. The van der Waals surface area contributed by atoms with E-state index >= 15 is 0 Å². The number of nitrogens with one attached hydrogen (secondary N) is 1. The van der Waals surface area contributed by atoms with Crippen molar-refractivity contribution in [1.82, 2.24) is 24.4 Å². The van der Waals surface area contributed by atoms with E-state index in [-0.39, 0.29) is 6.61 Å². The van der Waals surface area contributed by atoms with Gasteiger partial charge in [0.1, 0.15) is 18.0 Å². The third kappa shape index (κ3) is 4.59. The molecule has 1 aliphatic heterocycles. The molecule has 3 aromatic heterocycles. The molecule has 38 heavy (non-hydrogen) atoms. The van der Waals surface area contributed by atoms with Gasteiger partial charge < -0.3 is 19.8 Å². The molecule has 6 rings (SSSR count). The van der Waals surface area contributed by atoms with Crippen LogP contribution in [0.2, 0.25) is 0 Å². The maximum absolute atomic E-state index is 9.75. The van der Waals surface area contributed by atoms with Crippen LogP contribution in [0, 0.1) is 11.3 Å². The van der Waals surface area contributed by atoms with Crippen LogP contribution in [0.25, 0.3) is 38.8 Å².